The highest BCUT2D eigenvalue weighted by atomic mass is 16.5. The molecule has 2 N–H and O–H groups in total. The van der Waals surface area contributed by atoms with E-state index in [9.17, 15) is 15.0 Å². The van der Waals surface area contributed by atoms with Crippen LogP contribution >= 0.6 is 0 Å². The molecule has 4 heteroatoms. The molecule has 1 aliphatic carbocycles. The molecule has 4 nitrogen and oxygen atoms in total. The van der Waals surface area contributed by atoms with Gasteiger partial charge < -0.3 is 14.9 Å². The molecule has 0 aliphatic heterocycles. The molecule has 2 unspecified atom stereocenters. The highest BCUT2D eigenvalue weighted by molar-refractivity contribution is 5.71. The molecule has 16 heavy (non-hydrogen) atoms. The van der Waals surface area contributed by atoms with Crippen LogP contribution in [0.15, 0.2) is 0 Å². The van der Waals surface area contributed by atoms with Crippen molar-refractivity contribution in [1.82, 2.24) is 0 Å². The molecule has 0 heterocycles. The van der Waals surface area contributed by atoms with Gasteiger partial charge in [-0.25, -0.2) is 0 Å². The number of ether oxygens (including phenoxy) is 1. The zero-order chi connectivity index (χ0) is 12.2. The Balaban J connectivity index is 2.73. The lowest BCUT2D eigenvalue weighted by Gasteiger charge is -2.33. The molecule has 0 radical (unpaired) electrons. The minimum Gasteiger partial charge on any atom is -0.481 e. The quantitative estimate of drug-likeness (QED) is 0.665. The first-order chi connectivity index (χ1) is 7.56. The first-order valence-corrected chi connectivity index (χ1v) is 6.00. The van der Waals surface area contributed by atoms with Gasteiger partial charge in [-0.05, 0) is 25.2 Å². The number of aliphatic carboxylic acids is 1. The second kappa shape index (κ2) is 5.64. The highest BCUT2D eigenvalue weighted by Gasteiger charge is 2.51. The minimum absolute atomic E-state index is 0.102. The maximum absolute atomic E-state index is 11.2. The molecule has 0 spiro atoms. The number of hydrogen-bond donors (Lipinski definition) is 2. The van der Waals surface area contributed by atoms with Crippen LogP contribution < -0.4 is 0 Å². The topological polar surface area (TPSA) is 66.8 Å². The Labute approximate surface area is 96.6 Å². The van der Waals surface area contributed by atoms with Crippen molar-refractivity contribution in [3.63, 3.8) is 0 Å². The average Bonchev–Trinajstić information content (AvgIpc) is 3.01. The fraction of sp³-hybridized carbons (Fsp3) is 0.917. The molecule has 0 amide bonds. The number of carbonyl (C=O) groups is 1. The smallest absolute Gasteiger partial charge is 0.309 e. The van der Waals surface area contributed by atoms with Crippen molar-refractivity contribution in [2.75, 3.05) is 13.7 Å². The summed E-state index contributed by atoms with van der Waals surface area (Å²) in [7, 11) is 1.51. The largest absolute Gasteiger partial charge is 0.481 e. The molecule has 0 saturated heterocycles. The number of aliphatic hydroxyl groups is 1. The van der Waals surface area contributed by atoms with Crippen LogP contribution in [-0.4, -0.2) is 35.5 Å². The fourth-order valence-corrected chi connectivity index (χ4v) is 2.31. The van der Waals surface area contributed by atoms with Crippen LogP contribution in [0.4, 0.5) is 0 Å². The Morgan fingerprint density at radius 2 is 2.19 bits per heavy atom. The van der Waals surface area contributed by atoms with Gasteiger partial charge in [-0.1, -0.05) is 19.8 Å². The molecule has 1 fully saturated rings. The van der Waals surface area contributed by atoms with E-state index in [0.29, 0.717) is 6.42 Å². The zero-order valence-corrected chi connectivity index (χ0v) is 10.1. The fourth-order valence-electron chi connectivity index (χ4n) is 2.31. The summed E-state index contributed by atoms with van der Waals surface area (Å²) in [6.07, 6.45) is 4.13. The van der Waals surface area contributed by atoms with Crippen LogP contribution in [-0.2, 0) is 9.53 Å². The van der Waals surface area contributed by atoms with E-state index in [4.69, 9.17) is 4.74 Å². The Morgan fingerprint density at radius 3 is 2.56 bits per heavy atom. The predicted octanol–water partition coefficient (Wildman–Crippen LogP) is 1.66. The zero-order valence-electron chi connectivity index (χ0n) is 10.1. The number of rotatable bonds is 8. The molecule has 0 aromatic rings. The molecule has 0 aromatic carbocycles. The van der Waals surface area contributed by atoms with E-state index in [-0.39, 0.29) is 12.5 Å². The lowest BCUT2D eigenvalue weighted by molar-refractivity contribution is -0.160. The molecule has 2 atom stereocenters. The first kappa shape index (κ1) is 13.5. The molecule has 0 aromatic heterocycles. The number of carboxylic acid groups (broad SMARTS) is 1. The second-order valence-corrected chi connectivity index (χ2v) is 4.73. The van der Waals surface area contributed by atoms with Crippen molar-refractivity contribution < 1.29 is 19.7 Å². The van der Waals surface area contributed by atoms with Crippen molar-refractivity contribution in [2.45, 2.75) is 44.6 Å². The normalized spacial score (nSPS) is 21.4. The van der Waals surface area contributed by atoms with Gasteiger partial charge in [0.1, 0.15) is 5.60 Å². The standard InChI is InChI=1S/C12H22O4/c1-3-4-5-10(11(13)14)12(15,8-16-2)9-6-7-9/h9-10,15H,3-8H2,1-2H3,(H,13,14). The van der Waals surface area contributed by atoms with Crippen molar-refractivity contribution in [3.05, 3.63) is 0 Å². The van der Waals surface area contributed by atoms with E-state index in [0.717, 1.165) is 25.7 Å². The Kier molecular flexibility index (Phi) is 4.74. The number of carboxylic acids is 1. The Bertz CT molecular complexity index is 237. The van der Waals surface area contributed by atoms with E-state index >= 15 is 0 Å². The molecule has 94 valence electrons. The molecule has 1 aliphatic rings. The van der Waals surface area contributed by atoms with Crippen molar-refractivity contribution in [1.29, 1.82) is 0 Å². The van der Waals surface area contributed by atoms with E-state index < -0.39 is 17.5 Å². The van der Waals surface area contributed by atoms with Gasteiger partial charge in [-0.15, -0.1) is 0 Å². The lowest BCUT2D eigenvalue weighted by Crippen LogP contribution is -2.48. The molecule has 0 bridgehead atoms. The monoisotopic (exact) mass is 230 g/mol. The molecule has 1 rings (SSSR count). The number of unbranched alkanes of at least 4 members (excludes halogenated alkanes) is 1. The summed E-state index contributed by atoms with van der Waals surface area (Å²) in [5.41, 5.74) is -1.17. The third-order valence-corrected chi connectivity index (χ3v) is 3.41. The van der Waals surface area contributed by atoms with Crippen molar-refractivity contribution >= 4 is 5.97 Å². The van der Waals surface area contributed by atoms with Gasteiger partial charge >= 0.3 is 5.97 Å². The van der Waals surface area contributed by atoms with Crippen LogP contribution in [0.25, 0.3) is 0 Å². The summed E-state index contributed by atoms with van der Waals surface area (Å²) < 4.78 is 5.01. The summed E-state index contributed by atoms with van der Waals surface area (Å²) in [5, 5.41) is 19.7. The van der Waals surface area contributed by atoms with Crippen LogP contribution in [0.2, 0.25) is 0 Å². The Hall–Kier alpha value is -0.610. The van der Waals surface area contributed by atoms with Gasteiger partial charge in [0.05, 0.1) is 12.5 Å². The van der Waals surface area contributed by atoms with E-state index in [2.05, 4.69) is 0 Å². The van der Waals surface area contributed by atoms with E-state index in [1.807, 2.05) is 6.92 Å². The first-order valence-electron chi connectivity index (χ1n) is 6.00. The lowest BCUT2D eigenvalue weighted by atomic mass is 9.80. The summed E-state index contributed by atoms with van der Waals surface area (Å²) in [6, 6.07) is 0. The van der Waals surface area contributed by atoms with Gasteiger partial charge in [0.15, 0.2) is 0 Å². The van der Waals surface area contributed by atoms with Crippen LogP contribution in [0.1, 0.15) is 39.0 Å². The van der Waals surface area contributed by atoms with Crippen molar-refractivity contribution in [2.24, 2.45) is 11.8 Å². The molecular formula is C12H22O4. The van der Waals surface area contributed by atoms with Crippen molar-refractivity contribution in [3.8, 4) is 0 Å². The summed E-state index contributed by atoms with van der Waals surface area (Å²) in [4.78, 5) is 11.2. The van der Waals surface area contributed by atoms with Gasteiger partial charge in [0.25, 0.3) is 0 Å². The van der Waals surface area contributed by atoms with Crippen LogP contribution in [0, 0.1) is 11.8 Å². The third kappa shape index (κ3) is 2.95. The van der Waals surface area contributed by atoms with Crippen LogP contribution in [0.5, 0.6) is 0 Å². The highest BCUT2D eigenvalue weighted by Crippen LogP contribution is 2.45. The molecular weight excluding hydrogens is 208 g/mol. The van der Waals surface area contributed by atoms with Gasteiger partial charge in [-0.2, -0.15) is 0 Å². The summed E-state index contributed by atoms with van der Waals surface area (Å²) >= 11 is 0. The van der Waals surface area contributed by atoms with Gasteiger partial charge in [0.2, 0.25) is 0 Å². The van der Waals surface area contributed by atoms with Gasteiger partial charge in [0, 0.05) is 7.11 Å². The van der Waals surface area contributed by atoms with E-state index in [1.165, 1.54) is 7.11 Å². The summed E-state index contributed by atoms with van der Waals surface area (Å²) in [5.74, 6) is -1.50. The van der Waals surface area contributed by atoms with E-state index in [1.54, 1.807) is 0 Å². The third-order valence-electron chi connectivity index (χ3n) is 3.41. The predicted molar refractivity (Wildman–Crippen MR) is 60.2 cm³/mol. The summed E-state index contributed by atoms with van der Waals surface area (Å²) in [6.45, 7) is 2.14. The SMILES string of the molecule is CCCCC(C(=O)O)C(O)(COC)C1CC1. The minimum atomic E-state index is -1.17. The number of methoxy groups -OCH3 is 1. The Morgan fingerprint density at radius 1 is 1.56 bits per heavy atom. The average molecular weight is 230 g/mol. The van der Waals surface area contributed by atoms with Crippen LogP contribution in [0.3, 0.4) is 0 Å². The number of hydrogen-bond acceptors (Lipinski definition) is 3. The second-order valence-electron chi connectivity index (χ2n) is 4.73. The maximum atomic E-state index is 11.2. The van der Waals surface area contributed by atoms with Gasteiger partial charge in [-0.3, -0.25) is 4.79 Å². The maximum Gasteiger partial charge on any atom is 0.309 e. The molecule has 1 saturated carbocycles.